The average molecular weight is 339 g/mol. The third-order valence-electron chi connectivity index (χ3n) is 5.50. The number of amides is 1. The highest BCUT2D eigenvalue weighted by atomic mass is 16.4. The van der Waals surface area contributed by atoms with Crippen molar-refractivity contribution in [1.29, 1.82) is 0 Å². The van der Waals surface area contributed by atoms with Gasteiger partial charge in [-0.2, -0.15) is 0 Å². The molecule has 1 saturated carbocycles. The van der Waals surface area contributed by atoms with E-state index in [9.17, 15) is 4.79 Å². The van der Waals surface area contributed by atoms with Gasteiger partial charge in [0, 0.05) is 24.6 Å². The lowest BCUT2D eigenvalue weighted by molar-refractivity contribution is -0.137. The summed E-state index contributed by atoms with van der Waals surface area (Å²) in [4.78, 5) is 14.9. The Hall–Kier alpha value is -2.17. The molecule has 0 radical (unpaired) electrons. The minimum absolute atomic E-state index is 0.159. The normalized spacial score (nSPS) is 22.1. The molecule has 0 N–H and O–H groups in total. The van der Waals surface area contributed by atoms with Crippen LogP contribution in [-0.4, -0.2) is 34.1 Å². The van der Waals surface area contributed by atoms with Crippen molar-refractivity contribution in [3.05, 3.63) is 36.2 Å². The Kier molecular flexibility index (Phi) is 4.81. The van der Waals surface area contributed by atoms with Crippen LogP contribution >= 0.6 is 0 Å². The number of carbonyl (C=O) groups is 1. The zero-order chi connectivity index (χ0) is 17.1. The number of nitrogens with zero attached hydrogens (tertiary/aromatic N) is 3. The molecule has 1 aliphatic carbocycles. The number of likely N-dealkylation sites (tertiary alicyclic amines) is 1. The lowest BCUT2D eigenvalue weighted by Crippen LogP contribution is -2.42. The minimum Gasteiger partial charge on any atom is -0.420 e. The molecule has 5 nitrogen and oxygen atoms in total. The summed E-state index contributed by atoms with van der Waals surface area (Å²) < 4.78 is 5.92. The second-order valence-electron chi connectivity index (χ2n) is 7.27. The van der Waals surface area contributed by atoms with E-state index in [1.165, 1.54) is 19.3 Å². The van der Waals surface area contributed by atoms with Crippen LogP contribution in [0.5, 0.6) is 0 Å². The maximum atomic E-state index is 12.8. The van der Waals surface area contributed by atoms with Crippen molar-refractivity contribution >= 4 is 5.91 Å². The van der Waals surface area contributed by atoms with Crippen molar-refractivity contribution < 1.29 is 9.21 Å². The van der Waals surface area contributed by atoms with Crippen molar-refractivity contribution in [2.24, 2.45) is 5.92 Å². The van der Waals surface area contributed by atoms with Crippen LogP contribution in [0, 0.1) is 5.92 Å². The van der Waals surface area contributed by atoms with Gasteiger partial charge in [-0.1, -0.05) is 37.5 Å². The molecule has 0 spiro atoms. The molecular weight excluding hydrogens is 314 g/mol. The molecular formula is C20H25N3O2. The van der Waals surface area contributed by atoms with Crippen molar-refractivity contribution in [3.8, 4) is 11.5 Å². The maximum absolute atomic E-state index is 12.8. The molecule has 2 aliphatic rings. The molecule has 5 heteroatoms. The summed E-state index contributed by atoms with van der Waals surface area (Å²) >= 11 is 0. The number of benzene rings is 1. The molecule has 4 rings (SSSR count). The first-order valence-electron chi connectivity index (χ1n) is 9.49. The molecule has 132 valence electrons. The monoisotopic (exact) mass is 339 g/mol. The van der Waals surface area contributed by atoms with E-state index in [0.717, 1.165) is 37.8 Å². The first-order chi connectivity index (χ1) is 12.3. The Balaban J connectivity index is 1.44. The SMILES string of the molecule is O=C(C1CCCCC1)N1CCCC(c2nnc(-c3ccccc3)o2)C1. The fraction of sp³-hybridized carbons (Fsp3) is 0.550. The standard InChI is InChI=1S/C20H25N3O2/c24-20(16-10-5-2-6-11-16)23-13-7-12-17(14-23)19-22-21-18(25-19)15-8-3-1-4-9-15/h1,3-4,8-9,16-17H,2,5-7,10-14H2. The maximum Gasteiger partial charge on any atom is 0.247 e. The van der Waals surface area contributed by atoms with Gasteiger partial charge in [-0.25, -0.2) is 0 Å². The van der Waals surface area contributed by atoms with Crippen molar-refractivity contribution in [2.45, 2.75) is 50.9 Å². The van der Waals surface area contributed by atoms with E-state index in [1.54, 1.807) is 0 Å². The van der Waals surface area contributed by atoms with E-state index in [1.807, 2.05) is 35.2 Å². The quantitative estimate of drug-likeness (QED) is 0.847. The molecule has 25 heavy (non-hydrogen) atoms. The van der Waals surface area contributed by atoms with Crippen LogP contribution in [0.3, 0.4) is 0 Å². The molecule has 1 atom stereocenters. The molecule has 2 aromatic rings. The summed E-state index contributed by atoms with van der Waals surface area (Å²) in [5, 5.41) is 8.47. The van der Waals surface area contributed by atoms with Gasteiger partial charge in [0.25, 0.3) is 0 Å². The molecule has 1 aromatic heterocycles. The summed E-state index contributed by atoms with van der Waals surface area (Å²) in [7, 11) is 0. The lowest BCUT2D eigenvalue weighted by Gasteiger charge is -2.34. The van der Waals surface area contributed by atoms with Gasteiger partial charge in [0.05, 0.1) is 5.92 Å². The Bertz CT molecular complexity index is 707. The second kappa shape index (κ2) is 7.38. The van der Waals surface area contributed by atoms with Gasteiger partial charge < -0.3 is 9.32 Å². The van der Waals surface area contributed by atoms with Gasteiger partial charge in [-0.05, 0) is 37.8 Å². The fourth-order valence-electron chi connectivity index (χ4n) is 4.08. The summed E-state index contributed by atoms with van der Waals surface area (Å²) in [5.74, 6) is 1.96. The smallest absolute Gasteiger partial charge is 0.247 e. The van der Waals surface area contributed by atoms with E-state index in [0.29, 0.717) is 24.2 Å². The number of carbonyl (C=O) groups excluding carboxylic acids is 1. The van der Waals surface area contributed by atoms with Crippen LogP contribution in [0.4, 0.5) is 0 Å². The van der Waals surface area contributed by atoms with E-state index < -0.39 is 0 Å². The van der Waals surface area contributed by atoms with Crippen molar-refractivity contribution in [2.75, 3.05) is 13.1 Å². The van der Waals surface area contributed by atoms with Crippen LogP contribution in [0.15, 0.2) is 34.7 Å². The zero-order valence-corrected chi connectivity index (χ0v) is 14.6. The van der Waals surface area contributed by atoms with Crippen LogP contribution in [0.1, 0.15) is 56.8 Å². The Morgan fingerprint density at radius 1 is 1.00 bits per heavy atom. The van der Waals surface area contributed by atoms with E-state index in [2.05, 4.69) is 10.2 Å². The van der Waals surface area contributed by atoms with Crippen LogP contribution in [0.25, 0.3) is 11.5 Å². The third kappa shape index (κ3) is 3.60. The van der Waals surface area contributed by atoms with Gasteiger partial charge in [-0.15, -0.1) is 10.2 Å². The van der Waals surface area contributed by atoms with Crippen molar-refractivity contribution in [1.82, 2.24) is 15.1 Å². The minimum atomic E-state index is 0.159. The Morgan fingerprint density at radius 3 is 2.60 bits per heavy atom. The van der Waals surface area contributed by atoms with Gasteiger partial charge in [-0.3, -0.25) is 4.79 Å². The first kappa shape index (κ1) is 16.3. The number of hydrogen-bond acceptors (Lipinski definition) is 4. The fourth-order valence-corrected chi connectivity index (χ4v) is 4.08. The summed E-state index contributed by atoms with van der Waals surface area (Å²) in [6.45, 7) is 1.58. The lowest BCUT2D eigenvalue weighted by atomic mass is 9.87. The van der Waals surface area contributed by atoms with Crippen LogP contribution < -0.4 is 0 Å². The number of aromatic nitrogens is 2. The van der Waals surface area contributed by atoms with Gasteiger partial charge in [0.2, 0.25) is 17.7 Å². The number of hydrogen-bond donors (Lipinski definition) is 0. The van der Waals surface area contributed by atoms with Crippen molar-refractivity contribution in [3.63, 3.8) is 0 Å². The van der Waals surface area contributed by atoms with Gasteiger partial charge >= 0.3 is 0 Å². The molecule has 1 amide bonds. The topological polar surface area (TPSA) is 59.2 Å². The molecule has 2 fully saturated rings. The predicted octanol–water partition coefficient (Wildman–Crippen LogP) is 4.02. The van der Waals surface area contributed by atoms with Crippen LogP contribution in [-0.2, 0) is 4.79 Å². The molecule has 1 unspecified atom stereocenters. The highest BCUT2D eigenvalue weighted by Gasteiger charge is 2.32. The van der Waals surface area contributed by atoms with Crippen LogP contribution in [0.2, 0.25) is 0 Å². The van der Waals surface area contributed by atoms with E-state index in [-0.39, 0.29) is 11.8 Å². The number of piperidine rings is 1. The number of rotatable bonds is 3. The molecule has 1 aromatic carbocycles. The predicted molar refractivity (Wildman–Crippen MR) is 94.9 cm³/mol. The average Bonchev–Trinajstić information content (AvgIpc) is 3.19. The van der Waals surface area contributed by atoms with E-state index >= 15 is 0 Å². The molecule has 1 saturated heterocycles. The Morgan fingerprint density at radius 2 is 1.80 bits per heavy atom. The molecule has 0 bridgehead atoms. The van der Waals surface area contributed by atoms with Gasteiger partial charge in [0.1, 0.15) is 0 Å². The van der Waals surface area contributed by atoms with Gasteiger partial charge in [0.15, 0.2) is 0 Å². The largest absolute Gasteiger partial charge is 0.420 e. The molecule has 2 heterocycles. The third-order valence-corrected chi connectivity index (χ3v) is 5.50. The highest BCUT2D eigenvalue weighted by molar-refractivity contribution is 5.79. The zero-order valence-electron chi connectivity index (χ0n) is 14.6. The van der Waals surface area contributed by atoms with E-state index in [4.69, 9.17) is 4.42 Å². The summed E-state index contributed by atoms with van der Waals surface area (Å²) in [6, 6.07) is 9.83. The summed E-state index contributed by atoms with van der Waals surface area (Å²) in [6.07, 6.45) is 7.78. The Labute approximate surface area is 148 Å². The second-order valence-corrected chi connectivity index (χ2v) is 7.27. The summed E-state index contributed by atoms with van der Waals surface area (Å²) in [5.41, 5.74) is 0.937. The first-order valence-corrected chi connectivity index (χ1v) is 9.49. The molecule has 1 aliphatic heterocycles. The highest BCUT2D eigenvalue weighted by Crippen LogP contribution is 2.31.